The molecule has 0 saturated carbocycles. The van der Waals surface area contributed by atoms with Crippen LogP contribution in [0.5, 0.6) is 5.75 Å². The minimum Gasteiger partial charge on any atom is -0.484 e. The Bertz CT molecular complexity index is 641. The zero-order valence-corrected chi connectivity index (χ0v) is 13.0. The van der Waals surface area contributed by atoms with Gasteiger partial charge in [0.2, 0.25) is 0 Å². The molecular weight excluding hydrogens is 295 g/mol. The number of benzene rings is 1. The van der Waals surface area contributed by atoms with Crippen LogP contribution in [-0.2, 0) is 20.1 Å². The van der Waals surface area contributed by atoms with Gasteiger partial charge in [0.1, 0.15) is 6.61 Å². The van der Waals surface area contributed by atoms with E-state index in [-0.39, 0.29) is 12.4 Å². The van der Waals surface area contributed by atoms with Gasteiger partial charge in [-0.2, -0.15) is 5.10 Å². The van der Waals surface area contributed by atoms with E-state index in [2.05, 4.69) is 5.10 Å². The molecule has 4 nitrogen and oxygen atoms in total. The van der Waals surface area contributed by atoms with Crippen LogP contribution in [0, 0.1) is 5.82 Å². The first-order valence-electron chi connectivity index (χ1n) is 6.74. The quantitative estimate of drug-likeness (QED) is 0.920. The third-order valence-corrected chi connectivity index (χ3v) is 3.74. The van der Waals surface area contributed by atoms with Gasteiger partial charge in [0.15, 0.2) is 11.6 Å². The number of nitrogens with zero attached hydrogens (tertiary/aromatic N) is 2. The van der Waals surface area contributed by atoms with Gasteiger partial charge < -0.3 is 9.84 Å². The molecule has 1 atom stereocenters. The van der Waals surface area contributed by atoms with Crippen LogP contribution in [0.1, 0.15) is 36.9 Å². The lowest BCUT2D eigenvalue weighted by Gasteiger charge is -2.10. The summed E-state index contributed by atoms with van der Waals surface area (Å²) in [6.07, 6.45) is 0.0107. The molecule has 1 aromatic heterocycles. The molecule has 0 aliphatic heterocycles. The summed E-state index contributed by atoms with van der Waals surface area (Å²) in [6, 6.07) is 4.40. The highest BCUT2D eigenvalue weighted by atomic mass is 35.5. The Balaban J connectivity index is 2.15. The molecule has 6 heteroatoms. The minimum absolute atomic E-state index is 0.120. The summed E-state index contributed by atoms with van der Waals surface area (Å²) >= 11 is 6.21. The van der Waals surface area contributed by atoms with Crippen molar-refractivity contribution in [1.29, 1.82) is 0 Å². The second kappa shape index (κ2) is 6.45. The van der Waals surface area contributed by atoms with Crippen LogP contribution >= 0.6 is 11.6 Å². The SMILES string of the molecule is CCc1nn(C)c(COc2ccc([C@H](C)O)cc2F)c1Cl. The summed E-state index contributed by atoms with van der Waals surface area (Å²) in [5, 5.41) is 14.2. The third-order valence-electron chi connectivity index (χ3n) is 3.31. The lowest BCUT2D eigenvalue weighted by atomic mass is 10.1. The number of halogens is 2. The van der Waals surface area contributed by atoms with Crippen molar-refractivity contribution in [3.63, 3.8) is 0 Å². The van der Waals surface area contributed by atoms with Gasteiger partial charge in [0.05, 0.1) is 22.5 Å². The fourth-order valence-electron chi connectivity index (χ4n) is 2.02. The van der Waals surface area contributed by atoms with E-state index >= 15 is 0 Å². The Morgan fingerprint density at radius 3 is 2.71 bits per heavy atom. The number of aryl methyl sites for hydroxylation is 2. The summed E-state index contributed by atoms with van der Waals surface area (Å²) in [7, 11) is 1.77. The number of aliphatic hydroxyl groups is 1. The van der Waals surface area contributed by atoms with Crippen LogP contribution in [0.15, 0.2) is 18.2 Å². The molecule has 1 aromatic carbocycles. The number of hydrogen-bond acceptors (Lipinski definition) is 3. The molecule has 114 valence electrons. The van der Waals surface area contributed by atoms with Crippen LogP contribution in [0.4, 0.5) is 4.39 Å². The first kappa shape index (κ1) is 15.8. The Morgan fingerprint density at radius 2 is 2.19 bits per heavy atom. The van der Waals surface area contributed by atoms with Crippen molar-refractivity contribution in [2.24, 2.45) is 7.05 Å². The van der Waals surface area contributed by atoms with Gasteiger partial charge >= 0.3 is 0 Å². The van der Waals surface area contributed by atoms with Crippen molar-refractivity contribution in [2.75, 3.05) is 0 Å². The number of aliphatic hydroxyl groups excluding tert-OH is 1. The summed E-state index contributed by atoms with van der Waals surface area (Å²) in [4.78, 5) is 0. The molecule has 1 N–H and O–H groups in total. The van der Waals surface area contributed by atoms with Gasteiger partial charge in [-0.15, -0.1) is 0 Å². The minimum atomic E-state index is -0.716. The lowest BCUT2D eigenvalue weighted by molar-refractivity contribution is 0.198. The monoisotopic (exact) mass is 312 g/mol. The Labute approximate surface area is 128 Å². The highest BCUT2D eigenvalue weighted by Gasteiger charge is 2.15. The fraction of sp³-hybridized carbons (Fsp3) is 0.400. The second-order valence-corrected chi connectivity index (χ2v) is 5.22. The molecule has 0 aliphatic carbocycles. The summed E-state index contributed by atoms with van der Waals surface area (Å²) < 4.78 is 21.0. The van der Waals surface area contributed by atoms with Crippen LogP contribution < -0.4 is 4.74 Å². The topological polar surface area (TPSA) is 47.3 Å². The molecule has 2 aromatic rings. The smallest absolute Gasteiger partial charge is 0.165 e. The number of aromatic nitrogens is 2. The zero-order valence-electron chi connectivity index (χ0n) is 12.2. The molecule has 0 unspecified atom stereocenters. The van der Waals surface area contributed by atoms with E-state index in [9.17, 15) is 9.50 Å². The summed E-state index contributed by atoms with van der Waals surface area (Å²) in [5.41, 5.74) is 2.00. The molecule has 0 spiro atoms. The molecule has 21 heavy (non-hydrogen) atoms. The molecule has 2 rings (SSSR count). The Hall–Kier alpha value is -1.59. The number of rotatable bonds is 5. The Morgan fingerprint density at radius 1 is 1.48 bits per heavy atom. The highest BCUT2D eigenvalue weighted by molar-refractivity contribution is 6.31. The maximum atomic E-state index is 13.9. The third kappa shape index (κ3) is 3.36. The van der Waals surface area contributed by atoms with Crippen molar-refractivity contribution in [3.8, 4) is 5.75 Å². The fourth-order valence-corrected chi connectivity index (χ4v) is 2.37. The van der Waals surface area contributed by atoms with Gasteiger partial charge in [-0.3, -0.25) is 4.68 Å². The molecular formula is C15H18ClFN2O2. The van der Waals surface area contributed by atoms with Crippen molar-refractivity contribution in [2.45, 2.75) is 33.0 Å². The van der Waals surface area contributed by atoms with Crippen LogP contribution in [0.2, 0.25) is 5.02 Å². The molecule has 0 aliphatic rings. The molecule has 0 bridgehead atoms. The van der Waals surface area contributed by atoms with Crippen LogP contribution in [-0.4, -0.2) is 14.9 Å². The van der Waals surface area contributed by atoms with E-state index < -0.39 is 11.9 Å². The zero-order chi connectivity index (χ0) is 15.6. The van der Waals surface area contributed by atoms with Gasteiger partial charge in [0, 0.05) is 7.05 Å². The Kier molecular flexibility index (Phi) is 4.85. The number of ether oxygens (including phenoxy) is 1. The van der Waals surface area contributed by atoms with Gasteiger partial charge in [0.25, 0.3) is 0 Å². The van der Waals surface area contributed by atoms with Crippen molar-refractivity contribution >= 4 is 11.6 Å². The predicted molar refractivity (Wildman–Crippen MR) is 79.0 cm³/mol. The highest BCUT2D eigenvalue weighted by Crippen LogP contribution is 2.25. The van der Waals surface area contributed by atoms with Gasteiger partial charge in [-0.1, -0.05) is 24.6 Å². The van der Waals surface area contributed by atoms with Crippen molar-refractivity contribution < 1.29 is 14.2 Å². The molecule has 0 radical (unpaired) electrons. The lowest BCUT2D eigenvalue weighted by Crippen LogP contribution is -2.05. The molecule has 0 fully saturated rings. The van der Waals surface area contributed by atoms with Crippen LogP contribution in [0.3, 0.4) is 0 Å². The van der Waals surface area contributed by atoms with E-state index in [1.54, 1.807) is 24.7 Å². The van der Waals surface area contributed by atoms with Crippen molar-refractivity contribution in [1.82, 2.24) is 9.78 Å². The summed E-state index contributed by atoms with van der Waals surface area (Å²) in [6.45, 7) is 3.68. The normalized spacial score (nSPS) is 12.5. The van der Waals surface area contributed by atoms with Gasteiger partial charge in [-0.05, 0) is 31.0 Å². The maximum Gasteiger partial charge on any atom is 0.165 e. The van der Waals surface area contributed by atoms with E-state index in [1.807, 2.05) is 6.92 Å². The maximum absolute atomic E-state index is 13.9. The van der Waals surface area contributed by atoms with E-state index in [1.165, 1.54) is 12.1 Å². The van der Waals surface area contributed by atoms with Crippen molar-refractivity contribution in [3.05, 3.63) is 46.0 Å². The summed E-state index contributed by atoms with van der Waals surface area (Å²) in [5.74, 6) is -0.392. The average Bonchev–Trinajstić information content (AvgIpc) is 2.72. The molecule has 0 amide bonds. The first-order valence-corrected chi connectivity index (χ1v) is 7.12. The largest absolute Gasteiger partial charge is 0.484 e. The van der Waals surface area contributed by atoms with E-state index in [0.717, 1.165) is 12.1 Å². The van der Waals surface area contributed by atoms with E-state index in [0.29, 0.717) is 16.3 Å². The van der Waals surface area contributed by atoms with Crippen LogP contribution in [0.25, 0.3) is 0 Å². The standard InChI is InChI=1S/C15H18ClFN2O2/c1-4-12-15(16)13(19(3)18-12)8-21-14-6-5-10(9(2)20)7-11(14)17/h5-7,9,20H,4,8H2,1-3H3/t9-/m0/s1. The van der Waals surface area contributed by atoms with Gasteiger partial charge in [-0.25, -0.2) is 4.39 Å². The first-order chi connectivity index (χ1) is 9.93. The molecule has 1 heterocycles. The average molecular weight is 313 g/mol. The molecule has 0 saturated heterocycles. The van der Waals surface area contributed by atoms with E-state index in [4.69, 9.17) is 16.3 Å². The second-order valence-electron chi connectivity index (χ2n) is 4.84. The number of hydrogen-bond donors (Lipinski definition) is 1. The predicted octanol–water partition coefficient (Wildman–Crippen LogP) is 3.41.